The number of fused-ring (bicyclic) bond motifs is 1. The molecule has 0 unspecified atom stereocenters. The lowest BCUT2D eigenvalue weighted by Gasteiger charge is -2.32. The molecule has 1 aromatic heterocycles. The van der Waals surface area contributed by atoms with Crippen LogP contribution >= 0.6 is 0 Å². The molecule has 0 aliphatic carbocycles. The first-order chi connectivity index (χ1) is 16.2. The van der Waals surface area contributed by atoms with Crippen LogP contribution in [-0.4, -0.2) is 38.9 Å². The van der Waals surface area contributed by atoms with Crippen molar-refractivity contribution in [2.24, 2.45) is 5.92 Å². The number of aromatic nitrogens is 3. The van der Waals surface area contributed by atoms with Gasteiger partial charge >= 0.3 is 0 Å². The van der Waals surface area contributed by atoms with Crippen LogP contribution in [0.3, 0.4) is 0 Å². The van der Waals surface area contributed by atoms with E-state index in [1.165, 1.54) is 10.2 Å². The molecule has 1 saturated heterocycles. The quantitative estimate of drug-likeness (QED) is 0.473. The van der Waals surface area contributed by atoms with Crippen LogP contribution in [0.25, 0.3) is 10.9 Å². The molecule has 1 aliphatic rings. The number of nitrogens with zero attached hydrogens (tertiary/aromatic N) is 4. The van der Waals surface area contributed by atoms with Gasteiger partial charge in [-0.15, -0.1) is 5.10 Å². The zero-order chi connectivity index (χ0) is 22.6. The first kappa shape index (κ1) is 21.1. The van der Waals surface area contributed by atoms with Crippen molar-refractivity contribution in [3.05, 3.63) is 106 Å². The second kappa shape index (κ2) is 9.36. The summed E-state index contributed by atoms with van der Waals surface area (Å²) in [6.07, 6.45) is 3.14. The van der Waals surface area contributed by atoms with E-state index in [0.29, 0.717) is 28.9 Å². The van der Waals surface area contributed by atoms with Crippen molar-refractivity contribution < 1.29 is 4.79 Å². The Bertz CT molecular complexity index is 1310. The van der Waals surface area contributed by atoms with Gasteiger partial charge in [0.25, 0.3) is 11.5 Å². The van der Waals surface area contributed by atoms with E-state index < -0.39 is 0 Å². The van der Waals surface area contributed by atoms with Crippen LogP contribution in [0.1, 0.15) is 34.3 Å². The van der Waals surface area contributed by atoms with Gasteiger partial charge in [-0.1, -0.05) is 59.8 Å². The SMILES string of the molecule is O=C(c1ccc(Cn2nnc3ccccc3c2=O)cc1)N1CCC(Cc2ccccc2)CC1. The number of carbonyl (C=O) groups is 1. The molecule has 0 atom stereocenters. The number of piperidine rings is 1. The van der Waals surface area contributed by atoms with Crippen LogP contribution in [0.15, 0.2) is 83.7 Å². The average molecular weight is 439 g/mol. The van der Waals surface area contributed by atoms with E-state index in [1.807, 2.05) is 47.4 Å². The molecule has 1 amide bonds. The molecule has 6 nitrogen and oxygen atoms in total. The van der Waals surface area contributed by atoms with Gasteiger partial charge in [-0.25, -0.2) is 4.68 Å². The molecule has 0 N–H and O–H groups in total. The molecular formula is C27H26N4O2. The van der Waals surface area contributed by atoms with E-state index in [4.69, 9.17) is 0 Å². The molecule has 0 spiro atoms. The van der Waals surface area contributed by atoms with Crippen molar-refractivity contribution in [2.45, 2.75) is 25.8 Å². The molecule has 5 rings (SSSR count). The summed E-state index contributed by atoms with van der Waals surface area (Å²) in [6, 6.07) is 25.2. The van der Waals surface area contributed by atoms with Crippen molar-refractivity contribution in [1.82, 2.24) is 19.9 Å². The van der Waals surface area contributed by atoms with Crippen molar-refractivity contribution in [1.29, 1.82) is 0 Å². The largest absolute Gasteiger partial charge is 0.339 e. The van der Waals surface area contributed by atoms with Gasteiger partial charge in [-0.05, 0) is 60.6 Å². The fraction of sp³-hybridized carbons (Fsp3) is 0.259. The zero-order valence-corrected chi connectivity index (χ0v) is 18.4. The Balaban J connectivity index is 1.21. The molecule has 0 bridgehead atoms. The van der Waals surface area contributed by atoms with Crippen molar-refractivity contribution >= 4 is 16.8 Å². The molecule has 33 heavy (non-hydrogen) atoms. The molecule has 0 saturated carbocycles. The maximum atomic E-state index is 13.0. The Morgan fingerprint density at radius 1 is 0.848 bits per heavy atom. The highest BCUT2D eigenvalue weighted by Crippen LogP contribution is 2.23. The Kier molecular flexibility index (Phi) is 5.98. The highest BCUT2D eigenvalue weighted by Gasteiger charge is 2.23. The first-order valence-corrected chi connectivity index (χ1v) is 11.4. The van der Waals surface area contributed by atoms with Crippen molar-refractivity contribution in [3.63, 3.8) is 0 Å². The highest BCUT2D eigenvalue weighted by molar-refractivity contribution is 5.94. The summed E-state index contributed by atoms with van der Waals surface area (Å²) in [5.74, 6) is 0.697. The maximum Gasteiger partial charge on any atom is 0.277 e. The number of amides is 1. The summed E-state index contributed by atoms with van der Waals surface area (Å²) < 4.78 is 1.36. The first-order valence-electron chi connectivity index (χ1n) is 11.4. The summed E-state index contributed by atoms with van der Waals surface area (Å²) in [4.78, 5) is 27.6. The van der Waals surface area contributed by atoms with E-state index in [2.05, 4.69) is 34.6 Å². The van der Waals surface area contributed by atoms with Crippen LogP contribution in [0, 0.1) is 5.92 Å². The Morgan fingerprint density at radius 2 is 1.55 bits per heavy atom. The second-order valence-corrected chi connectivity index (χ2v) is 8.69. The fourth-order valence-corrected chi connectivity index (χ4v) is 4.52. The molecule has 166 valence electrons. The van der Waals surface area contributed by atoms with Crippen molar-refractivity contribution in [3.8, 4) is 0 Å². The molecule has 1 fully saturated rings. The minimum Gasteiger partial charge on any atom is -0.339 e. The third kappa shape index (κ3) is 4.70. The second-order valence-electron chi connectivity index (χ2n) is 8.69. The summed E-state index contributed by atoms with van der Waals surface area (Å²) in [7, 11) is 0. The van der Waals surface area contributed by atoms with E-state index in [9.17, 15) is 9.59 Å². The zero-order valence-electron chi connectivity index (χ0n) is 18.4. The minimum atomic E-state index is -0.167. The van der Waals surface area contributed by atoms with Gasteiger partial charge in [-0.2, -0.15) is 0 Å². The maximum absolute atomic E-state index is 13.0. The van der Waals surface area contributed by atoms with Gasteiger partial charge in [0, 0.05) is 18.7 Å². The fourth-order valence-electron chi connectivity index (χ4n) is 4.52. The summed E-state index contributed by atoms with van der Waals surface area (Å²) in [5.41, 5.74) is 3.37. The number of carbonyl (C=O) groups excluding carboxylic acids is 1. The van der Waals surface area contributed by atoms with Gasteiger partial charge in [0.05, 0.1) is 11.9 Å². The van der Waals surface area contributed by atoms with E-state index in [-0.39, 0.29) is 11.5 Å². The summed E-state index contributed by atoms with van der Waals surface area (Å²) >= 11 is 0. The van der Waals surface area contributed by atoms with Gasteiger partial charge in [0.2, 0.25) is 0 Å². The number of likely N-dealkylation sites (tertiary alicyclic amines) is 1. The number of hydrogen-bond acceptors (Lipinski definition) is 4. The van der Waals surface area contributed by atoms with Crippen LogP contribution in [0.2, 0.25) is 0 Å². The predicted octanol–water partition coefficient (Wildman–Crippen LogP) is 3.93. The van der Waals surface area contributed by atoms with Crippen LogP contribution < -0.4 is 5.56 Å². The monoisotopic (exact) mass is 438 g/mol. The average Bonchev–Trinajstić information content (AvgIpc) is 2.87. The van der Waals surface area contributed by atoms with Gasteiger partial charge in [-0.3, -0.25) is 9.59 Å². The Hall–Kier alpha value is -3.80. The minimum absolute atomic E-state index is 0.0716. The van der Waals surface area contributed by atoms with Gasteiger partial charge < -0.3 is 4.90 Å². The normalized spacial score (nSPS) is 14.5. The van der Waals surface area contributed by atoms with E-state index in [0.717, 1.165) is 37.9 Å². The van der Waals surface area contributed by atoms with Gasteiger partial charge in [0.1, 0.15) is 5.52 Å². The standard InChI is InChI=1S/C27H26N4O2/c32-26(30-16-14-21(15-17-30)18-20-6-2-1-3-7-20)23-12-10-22(11-13-23)19-31-27(33)24-8-4-5-9-25(24)28-29-31/h1-13,21H,14-19H2. The van der Waals surface area contributed by atoms with Gasteiger partial charge in [0.15, 0.2) is 0 Å². The molecule has 3 aromatic carbocycles. The smallest absolute Gasteiger partial charge is 0.277 e. The highest BCUT2D eigenvalue weighted by atomic mass is 16.2. The lowest BCUT2D eigenvalue weighted by molar-refractivity contribution is 0.0690. The molecule has 4 aromatic rings. The van der Waals surface area contributed by atoms with Crippen LogP contribution in [-0.2, 0) is 13.0 Å². The number of benzene rings is 3. The predicted molar refractivity (Wildman–Crippen MR) is 128 cm³/mol. The topological polar surface area (TPSA) is 68.1 Å². The van der Waals surface area contributed by atoms with E-state index in [1.54, 1.807) is 12.1 Å². The molecule has 0 radical (unpaired) electrons. The third-order valence-electron chi connectivity index (χ3n) is 6.43. The Morgan fingerprint density at radius 3 is 2.30 bits per heavy atom. The number of hydrogen-bond donors (Lipinski definition) is 0. The molecule has 6 heteroatoms. The lowest BCUT2D eigenvalue weighted by atomic mass is 9.90. The van der Waals surface area contributed by atoms with Crippen LogP contribution in [0.4, 0.5) is 0 Å². The Labute approximate surface area is 192 Å². The summed E-state index contributed by atoms with van der Waals surface area (Å²) in [6.45, 7) is 1.90. The lowest BCUT2D eigenvalue weighted by Crippen LogP contribution is -2.38. The third-order valence-corrected chi connectivity index (χ3v) is 6.43. The van der Waals surface area contributed by atoms with E-state index >= 15 is 0 Å². The van der Waals surface area contributed by atoms with Crippen molar-refractivity contribution in [2.75, 3.05) is 13.1 Å². The number of rotatable bonds is 5. The van der Waals surface area contributed by atoms with Crippen LogP contribution in [0.5, 0.6) is 0 Å². The molecular weight excluding hydrogens is 412 g/mol. The molecule has 2 heterocycles. The molecule has 1 aliphatic heterocycles. The summed E-state index contributed by atoms with van der Waals surface area (Å²) in [5, 5.41) is 8.73.